The van der Waals surface area contributed by atoms with Crippen LogP contribution in [0.2, 0.25) is 0 Å². The first kappa shape index (κ1) is 16.3. The van der Waals surface area contributed by atoms with E-state index < -0.39 is 5.97 Å². The number of rotatable bonds is 3. The van der Waals surface area contributed by atoms with Crippen molar-refractivity contribution >= 4 is 50.2 Å². The maximum absolute atomic E-state index is 11.4. The average molecular weight is 368 g/mol. The van der Waals surface area contributed by atoms with Gasteiger partial charge in [-0.05, 0) is 37.3 Å². The van der Waals surface area contributed by atoms with Crippen LogP contribution in [0.3, 0.4) is 0 Å². The van der Waals surface area contributed by atoms with E-state index >= 15 is 0 Å². The van der Waals surface area contributed by atoms with Crippen molar-refractivity contribution in [3.05, 3.63) is 72.1 Å². The third kappa shape index (κ3) is 2.54. The highest BCUT2D eigenvalue weighted by atomic mass is 16.4. The smallest absolute Gasteiger partial charge is 0.335 e. The third-order valence-corrected chi connectivity index (χ3v) is 4.90. The molecular formula is C22H16N4O2. The van der Waals surface area contributed by atoms with Gasteiger partial charge in [0.25, 0.3) is 0 Å². The Morgan fingerprint density at radius 1 is 1.07 bits per heavy atom. The summed E-state index contributed by atoms with van der Waals surface area (Å²) < 4.78 is 0. The highest BCUT2D eigenvalue weighted by molar-refractivity contribution is 6.22. The van der Waals surface area contributed by atoms with Crippen molar-refractivity contribution in [2.24, 2.45) is 0 Å². The number of nitrogens with zero attached hydrogens (tertiary/aromatic N) is 2. The Labute approximate surface area is 159 Å². The van der Waals surface area contributed by atoms with Crippen LogP contribution in [-0.4, -0.2) is 26.0 Å². The van der Waals surface area contributed by atoms with Crippen molar-refractivity contribution in [1.82, 2.24) is 15.0 Å². The minimum Gasteiger partial charge on any atom is -0.478 e. The molecule has 0 aliphatic heterocycles. The minimum absolute atomic E-state index is 0.207. The molecule has 0 unspecified atom stereocenters. The molecule has 6 heteroatoms. The summed E-state index contributed by atoms with van der Waals surface area (Å²) in [5, 5.41) is 15.6. The molecule has 0 aliphatic rings. The van der Waals surface area contributed by atoms with Gasteiger partial charge in [0.1, 0.15) is 0 Å². The average Bonchev–Trinajstić information content (AvgIpc) is 3.09. The summed E-state index contributed by atoms with van der Waals surface area (Å²) in [4.78, 5) is 23.8. The number of carbonyl (C=O) groups is 1. The number of aromatic amines is 1. The van der Waals surface area contributed by atoms with Crippen LogP contribution in [0.4, 0.5) is 11.5 Å². The number of carboxylic acid groups (broad SMARTS) is 1. The van der Waals surface area contributed by atoms with Crippen molar-refractivity contribution in [3.63, 3.8) is 0 Å². The number of aromatic carboxylic acids is 1. The Kier molecular flexibility index (Phi) is 3.52. The highest BCUT2D eigenvalue weighted by Crippen LogP contribution is 2.36. The molecular weight excluding hydrogens is 352 g/mol. The number of pyridine rings is 2. The number of anilines is 2. The van der Waals surface area contributed by atoms with Gasteiger partial charge >= 0.3 is 5.97 Å². The zero-order valence-electron chi connectivity index (χ0n) is 15.0. The van der Waals surface area contributed by atoms with E-state index in [4.69, 9.17) is 4.98 Å². The second-order valence-electron chi connectivity index (χ2n) is 6.78. The van der Waals surface area contributed by atoms with Gasteiger partial charge < -0.3 is 15.4 Å². The van der Waals surface area contributed by atoms with Crippen LogP contribution in [0, 0.1) is 6.92 Å². The van der Waals surface area contributed by atoms with Crippen LogP contribution in [0.1, 0.15) is 15.9 Å². The monoisotopic (exact) mass is 368 g/mol. The van der Waals surface area contributed by atoms with Gasteiger partial charge in [0.15, 0.2) is 5.82 Å². The largest absolute Gasteiger partial charge is 0.478 e. The lowest BCUT2D eigenvalue weighted by Gasteiger charge is -2.10. The number of H-pyrrole nitrogens is 1. The lowest BCUT2D eigenvalue weighted by atomic mass is 10.1. The number of carboxylic acids is 1. The normalized spacial score (nSPS) is 11.3. The summed E-state index contributed by atoms with van der Waals surface area (Å²) in [7, 11) is 0. The van der Waals surface area contributed by atoms with Crippen molar-refractivity contribution in [1.29, 1.82) is 0 Å². The van der Waals surface area contributed by atoms with Crippen LogP contribution >= 0.6 is 0 Å². The van der Waals surface area contributed by atoms with Gasteiger partial charge in [-0.15, -0.1) is 0 Å². The van der Waals surface area contributed by atoms with Crippen molar-refractivity contribution in [2.45, 2.75) is 6.92 Å². The fourth-order valence-corrected chi connectivity index (χ4v) is 3.50. The number of hydrogen-bond acceptors (Lipinski definition) is 4. The Balaban J connectivity index is 1.83. The Bertz CT molecular complexity index is 1370. The molecule has 3 N–H and O–H groups in total. The number of hydrogen-bond donors (Lipinski definition) is 3. The standard InChI is InChI=1S/C22H16N4O2/c1-12-2-5-14(6-3-12)24-21-20-19(16-11-23-9-8-17(16)25-20)15-7-4-13(22(27)28)10-18(15)26-21/h2-11,25H,1H3,(H,24,26)(H,27,28). The Hall–Kier alpha value is -3.93. The van der Waals surface area contributed by atoms with E-state index in [9.17, 15) is 9.90 Å². The van der Waals surface area contributed by atoms with Crippen LogP contribution in [-0.2, 0) is 0 Å². The van der Waals surface area contributed by atoms with Crippen LogP contribution in [0.15, 0.2) is 60.9 Å². The first-order valence-corrected chi connectivity index (χ1v) is 8.86. The SMILES string of the molecule is Cc1ccc(Nc2nc3cc(C(=O)O)ccc3c3c2[nH]c2ccncc23)cc1. The molecule has 28 heavy (non-hydrogen) atoms. The molecule has 0 aliphatic carbocycles. The molecule has 6 nitrogen and oxygen atoms in total. The second kappa shape index (κ2) is 6.06. The van der Waals surface area contributed by atoms with Gasteiger partial charge in [-0.3, -0.25) is 4.98 Å². The number of aromatic nitrogens is 3. The van der Waals surface area contributed by atoms with Crippen molar-refractivity contribution in [3.8, 4) is 0 Å². The molecule has 136 valence electrons. The van der Waals surface area contributed by atoms with E-state index in [0.29, 0.717) is 11.3 Å². The number of nitrogens with one attached hydrogen (secondary N) is 2. The molecule has 5 rings (SSSR count). The lowest BCUT2D eigenvalue weighted by molar-refractivity contribution is 0.0697. The zero-order valence-corrected chi connectivity index (χ0v) is 15.0. The van der Waals surface area contributed by atoms with E-state index in [1.165, 1.54) is 5.56 Å². The molecule has 0 amide bonds. The van der Waals surface area contributed by atoms with Gasteiger partial charge in [-0.1, -0.05) is 23.8 Å². The van der Waals surface area contributed by atoms with E-state index in [-0.39, 0.29) is 5.56 Å². The highest BCUT2D eigenvalue weighted by Gasteiger charge is 2.16. The van der Waals surface area contributed by atoms with Gasteiger partial charge in [0.2, 0.25) is 0 Å². The lowest BCUT2D eigenvalue weighted by Crippen LogP contribution is -1.99. The second-order valence-corrected chi connectivity index (χ2v) is 6.78. The molecule has 0 saturated carbocycles. The van der Waals surface area contributed by atoms with E-state index in [1.807, 2.05) is 49.5 Å². The van der Waals surface area contributed by atoms with Crippen LogP contribution < -0.4 is 5.32 Å². The quantitative estimate of drug-likeness (QED) is 0.416. The molecule has 0 atom stereocenters. The summed E-state index contributed by atoms with van der Waals surface area (Å²) in [5.41, 5.74) is 4.72. The molecule has 0 radical (unpaired) electrons. The van der Waals surface area contributed by atoms with Crippen molar-refractivity contribution < 1.29 is 9.90 Å². The summed E-state index contributed by atoms with van der Waals surface area (Å²) in [5.74, 6) is -0.331. The number of aryl methyl sites for hydroxylation is 1. The number of fused-ring (bicyclic) bond motifs is 5. The fourth-order valence-electron chi connectivity index (χ4n) is 3.50. The van der Waals surface area contributed by atoms with E-state index in [0.717, 1.165) is 32.9 Å². The van der Waals surface area contributed by atoms with E-state index in [2.05, 4.69) is 15.3 Å². The van der Waals surface area contributed by atoms with Gasteiger partial charge in [0.05, 0.1) is 16.6 Å². The molecule has 0 fully saturated rings. The molecule has 3 aromatic heterocycles. The summed E-state index contributed by atoms with van der Waals surface area (Å²) in [6.45, 7) is 2.04. The molecule has 0 saturated heterocycles. The van der Waals surface area contributed by atoms with E-state index in [1.54, 1.807) is 18.3 Å². The first-order chi connectivity index (χ1) is 13.6. The number of benzene rings is 2. The van der Waals surface area contributed by atoms with Crippen molar-refractivity contribution in [2.75, 3.05) is 5.32 Å². The first-order valence-electron chi connectivity index (χ1n) is 8.86. The van der Waals surface area contributed by atoms with Crippen LogP contribution in [0.25, 0.3) is 32.7 Å². The Morgan fingerprint density at radius 3 is 2.68 bits per heavy atom. The predicted octanol–water partition coefficient (Wildman–Crippen LogP) is 5.01. The molecule has 0 spiro atoms. The molecule has 5 aromatic rings. The molecule has 3 heterocycles. The molecule has 2 aromatic carbocycles. The Morgan fingerprint density at radius 2 is 1.89 bits per heavy atom. The van der Waals surface area contributed by atoms with Gasteiger partial charge in [-0.25, -0.2) is 9.78 Å². The summed E-state index contributed by atoms with van der Waals surface area (Å²) in [6, 6.07) is 15.0. The fraction of sp³-hybridized carbons (Fsp3) is 0.0455. The zero-order chi connectivity index (χ0) is 19.3. The minimum atomic E-state index is -0.975. The summed E-state index contributed by atoms with van der Waals surface area (Å²) >= 11 is 0. The van der Waals surface area contributed by atoms with Gasteiger partial charge in [0, 0.05) is 39.8 Å². The van der Waals surface area contributed by atoms with Gasteiger partial charge in [-0.2, -0.15) is 0 Å². The van der Waals surface area contributed by atoms with Crippen LogP contribution in [0.5, 0.6) is 0 Å². The maximum atomic E-state index is 11.4. The summed E-state index contributed by atoms with van der Waals surface area (Å²) in [6.07, 6.45) is 3.55. The third-order valence-electron chi connectivity index (χ3n) is 4.90. The molecule has 0 bridgehead atoms. The predicted molar refractivity (Wildman–Crippen MR) is 110 cm³/mol. The maximum Gasteiger partial charge on any atom is 0.335 e. The topological polar surface area (TPSA) is 90.9 Å².